The SMILES string of the molecule is CCCC1CCCN(C(=O)C(N)CC(C)C)CC1. The molecule has 2 N–H and O–H groups in total. The fraction of sp³-hybridized carbons (Fsp3) is 0.933. The number of carbonyl (C=O) groups excluding carboxylic acids is 1. The molecule has 3 heteroatoms. The van der Waals surface area contributed by atoms with Gasteiger partial charge in [-0.05, 0) is 37.5 Å². The van der Waals surface area contributed by atoms with Crippen LogP contribution in [-0.4, -0.2) is 29.9 Å². The van der Waals surface area contributed by atoms with Crippen LogP contribution >= 0.6 is 0 Å². The second-order valence-corrected chi connectivity index (χ2v) is 6.15. The predicted octanol–water partition coefficient (Wildman–Crippen LogP) is 2.79. The first-order valence-corrected chi connectivity index (χ1v) is 7.59. The normalized spacial score (nSPS) is 22.9. The van der Waals surface area contributed by atoms with Gasteiger partial charge in [0.2, 0.25) is 5.91 Å². The summed E-state index contributed by atoms with van der Waals surface area (Å²) in [6.07, 6.45) is 6.94. The van der Waals surface area contributed by atoms with Crippen molar-refractivity contribution < 1.29 is 4.79 Å². The van der Waals surface area contributed by atoms with Gasteiger partial charge in [-0.1, -0.05) is 33.6 Å². The van der Waals surface area contributed by atoms with E-state index in [1.165, 1.54) is 19.3 Å². The van der Waals surface area contributed by atoms with E-state index in [1.54, 1.807) is 0 Å². The Kier molecular flexibility index (Phi) is 6.69. The number of amides is 1. The molecule has 0 aromatic heterocycles. The molecule has 0 bridgehead atoms. The summed E-state index contributed by atoms with van der Waals surface area (Å²) in [4.78, 5) is 14.3. The van der Waals surface area contributed by atoms with Crippen LogP contribution in [0.2, 0.25) is 0 Å². The Bertz CT molecular complexity index is 253. The van der Waals surface area contributed by atoms with Crippen molar-refractivity contribution in [3.63, 3.8) is 0 Å². The van der Waals surface area contributed by atoms with Crippen LogP contribution in [0.4, 0.5) is 0 Å². The lowest BCUT2D eigenvalue weighted by Gasteiger charge is -2.25. The van der Waals surface area contributed by atoms with Crippen molar-refractivity contribution in [2.45, 2.75) is 65.3 Å². The summed E-state index contributed by atoms with van der Waals surface area (Å²) in [7, 11) is 0. The number of rotatable bonds is 5. The number of nitrogens with zero attached hydrogens (tertiary/aromatic N) is 1. The van der Waals surface area contributed by atoms with E-state index in [-0.39, 0.29) is 11.9 Å². The molecule has 18 heavy (non-hydrogen) atoms. The molecule has 0 aromatic rings. The van der Waals surface area contributed by atoms with Crippen molar-refractivity contribution in [1.29, 1.82) is 0 Å². The van der Waals surface area contributed by atoms with Crippen molar-refractivity contribution in [2.24, 2.45) is 17.6 Å². The molecular weight excluding hydrogens is 224 g/mol. The maximum atomic E-state index is 12.3. The van der Waals surface area contributed by atoms with E-state index in [4.69, 9.17) is 5.73 Å². The molecule has 0 saturated carbocycles. The van der Waals surface area contributed by atoms with Crippen LogP contribution in [0.5, 0.6) is 0 Å². The van der Waals surface area contributed by atoms with E-state index in [0.29, 0.717) is 5.92 Å². The first-order chi connectivity index (χ1) is 8.54. The minimum absolute atomic E-state index is 0.167. The van der Waals surface area contributed by atoms with Crippen molar-refractivity contribution in [1.82, 2.24) is 4.90 Å². The quantitative estimate of drug-likeness (QED) is 0.820. The van der Waals surface area contributed by atoms with Crippen molar-refractivity contribution >= 4 is 5.91 Å². The smallest absolute Gasteiger partial charge is 0.239 e. The van der Waals surface area contributed by atoms with Gasteiger partial charge in [0.15, 0.2) is 0 Å². The highest BCUT2D eigenvalue weighted by molar-refractivity contribution is 5.81. The second-order valence-electron chi connectivity index (χ2n) is 6.15. The molecule has 106 valence electrons. The Morgan fingerprint density at radius 1 is 1.33 bits per heavy atom. The Hall–Kier alpha value is -0.570. The average Bonchev–Trinajstić information content (AvgIpc) is 2.53. The first kappa shape index (κ1) is 15.5. The molecule has 0 spiro atoms. The molecule has 1 fully saturated rings. The topological polar surface area (TPSA) is 46.3 Å². The van der Waals surface area contributed by atoms with Gasteiger partial charge in [-0.25, -0.2) is 0 Å². The number of carbonyl (C=O) groups is 1. The summed E-state index contributed by atoms with van der Waals surface area (Å²) in [5, 5.41) is 0. The Labute approximate surface area is 112 Å². The number of hydrogen-bond acceptors (Lipinski definition) is 2. The Morgan fingerprint density at radius 3 is 2.67 bits per heavy atom. The fourth-order valence-electron chi connectivity index (χ4n) is 2.93. The van der Waals surface area contributed by atoms with Crippen molar-refractivity contribution in [3.8, 4) is 0 Å². The third kappa shape index (κ3) is 4.97. The van der Waals surface area contributed by atoms with Crippen molar-refractivity contribution in [3.05, 3.63) is 0 Å². The zero-order valence-corrected chi connectivity index (χ0v) is 12.3. The highest BCUT2D eigenvalue weighted by Gasteiger charge is 2.24. The average molecular weight is 254 g/mol. The molecule has 1 saturated heterocycles. The molecule has 1 aliphatic rings. The van der Waals surface area contributed by atoms with Gasteiger partial charge >= 0.3 is 0 Å². The maximum Gasteiger partial charge on any atom is 0.239 e. The molecule has 0 aromatic carbocycles. The molecule has 1 heterocycles. The minimum Gasteiger partial charge on any atom is -0.341 e. The number of hydrogen-bond donors (Lipinski definition) is 1. The third-order valence-corrected chi connectivity index (χ3v) is 3.90. The standard InChI is InChI=1S/C15H30N2O/c1-4-6-13-7-5-9-17(10-8-13)15(18)14(16)11-12(2)3/h12-14H,4-11,16H2,1-3H3. The van der Waals surface area contributed by atoms with Gasteiger partial charge in [-0.15, -0.1) is 0 Å². The monoisotopic (exact) mass is 254 g/mol. The lowest BCUT2D eigenvalue weighted by atomic mass is 9.96. The minimum atomic E-state index is -0.298. The summed E-state index contributed by atoms with van der Waals surface area (Å²) in [6, 6.07) is -0.298. The molecule has 1 rings (SSSR count). The van der Waals surface area contributed by atoms with Crippen molar-refractivity contribution in [2.75, 3.05) is 13.1 Å². The lowest BCUT2D eigenvalue weighted by molar-refractivity contribution is -0.132. The van der Waals surface area contributed by atoms with Crippen LogP contribution in [0.15, 0.2) is 0 Å². The van der Waals surface area contributed by atoms with E-state index >= 15 is 0 Å². The van der Waals surface area contributed by atoms with Crippen LogP contribution in [0, 0.1) is 11.8 Å². The van der Waals surface area contributed by atoms with Gasteiger partial charge in [0, 0.05) is 13.1 Å². The molecular formula is C15H30N2O. The number of likely N-dealkylation sites (tertiary alicyclic amines) is 1. The van der Waals surface area contributed by atoms with E-state index in [0.717, 1.165) is 38.3 Å². The van der Waals surface area contributed by atoms with Gasteiger partial charge in [0.25, 0.3) is 0 Å². The summed E-state index contributed by atoms with van der Waals surface area (Å²) in [5.74, 6) is 1.47. The fourth-order valence-corrected chi connectivity index (χ4v) is 2.93. The molecule has 0 radical (unpaired) electrons. The highest BCUT2D eigenvalue weighted by Crippen LogP contribution is 2.22. The van der Waals surface area contributed by atoms with Crippen LogP contribution in [0.25, 0.3) is 0 Å². The van der Waals surface area contributed by atoms with Gasteiger partial charge in [0.1, 0.15) is 0 Å². The number of nitrogens with two attached hydrogens (primary N) is 1. The first-order valence-electron chi connectivity index (χ1n) is 7.59. The lowest BCUT2D eigenvalue weighted by Crippen LogP contribution is -2.44. The zero-order chi connectivity index (χ0) is 13.5. The summed E-state index contributed by atoms with van der Waals surface area (Å²) in [5.41, 5.74) is 6.00. The van der Waals surface area contributed by atoms with Crippen LogP contribution in [-0.2, 0) is 4.79 Å². The summed E-state index contributed by atoms with van der Waals surface area (Å²) in [6.45, 7) is 8.30. The molecule has 2 atom stereocenters. The Morgan fingerprint density at radius 2 is 2.06 bits per heavy atom. The van der Waals surface area contributed by atoms with E-state index < -0.39 is 0 Å². The maximum absolute atomic E-state index is 12.3. The summed E-state index contributed by atoms with van der Waals surface area (Å²) < 4.78 is 0. The third-order valence-electron chi connectivity index (χ3n) is 3.90. The zero-order valence-electron chi connectivity index (χ0n) is 12.3. The second kappa shape index (κ2) is 7.78. The molecule has 0 aliphatic carbocycles. The van der Waals surface area contributed by atoms with Crippen LogP contribution < -0.4 is 5.73 Å². The van der Waals surface area contributed by atoms with Gasteiger partial charge < -0.3 is 10.6 Å². The summed E-state index contributed by atoms with van der Waals surface area (Å²) >= 11 is 0. The van der Waals surface area contributed by atoms with Crippen LogP contribution in [0.3, 0.4) is 0 Å². The molecule has 1 aliphatic heterocycles. The van der Waals surface area contributed by atoms with Gasteiger partial charge in [-0.3, -0.25) is 4.79 Å². The molecule has 1 amide bonds. The largest absolute Gasteiger partial charge is 0.341 e. The highest BCUT2D eigenvalue weighted by atomic mass is 16.2. The van der Waals surface area contributed by atoms with E-state index in [1.807, 2.05) is 4.90 Å². The predicted molar refractivity (Wildman–Crippen MR) is 76.3 cm³/mol. The van der Waals surface area contributed by atoms with Gasteiger partial charge in [0.05, 0.1) is 6.04 Å². The molecule has 3 nitrogen and oxygen atoms in total. The van der Waals surface area contributed by atoms with E-state index in [9.17, 15) is 4.79 Å². The van der Waals surface area contributed by atoms with E-state index in [2.05, 4.69) is 20.8 Å². The van der Waals surface area contributed by atoms with Gasteiger partial charge in [-0.2, -0.15) is 0 Å². The van der Waals surface area contributed by atoms with Crippen LogP contribution in [0.1, 0.15) is 59.3 Å². The molecule has 2 unspecified atom stereocenters. The Balaban J connectivity index is 2.44.